The Kier molecular flexibility index (Phi) is 18.7. The zero-order valence-electron chi connectivity index (χ0n) is 42.6. The molecule has 71 heavy (non-hydrogen) atoms. The van der Waals surface area contributed by atoms with Crippen LogP contribution in [0.5, 0.6) is 0 Å². The van der Waals surface area contributed by atoms with Gasteiger partial charge in [-0.25, -0.2) is 9.48 Å². The van der Waals surface area contributed by atoms with Gasteiger partial charge in [0, 0.05) is 62.7 Å². The number of likely N-dealkylation sites (N-methyl/N-ethyl adjacent to an activating group) is 1. The highest BCUT2D eigenvalue weighted by Crippen LogP contribution is 2.39. The monoisotopic (exact) mass is 1040 g/mol. The van der Waals surface area contributed by atoms with E-state index in [1.807, 2.05) is 18.9 Å². The van der Waals surface area contributed by atoms with Crippen LogP contribution in [0.15, 0.2) is 24.4 Å². The molecule has 1 unspecified atom stereocenters. The van der Waals surface area contributed by atoms with Gasteiger partial charge >= 0.3 is 12.1 Å². The number of Topliss-reactive ketones (excluding diaryl/α,β-unsaturated/α-hetero) is 1. The average molecular weight is 1050 g/mol. The molecule has 5 N–H and O–H groups in total. The summed E-state index contributed by atoms with van der Waals surface area (Å²) in [5.74, 6) is -4.36. The van der Waals surface area contributed by atoms with Crippen molar-refractivity contribution in [1.29, 1.82) is 0 Å². The second-order valence-electron chi connectivity index (χ2n) is 20.9. The topological polar surface area (TPSA) is 254 Å². The molecule has 2 aromatic rings. The Morgan fingerprint density at radius 3 is 2.28 bits per heavy atom. The minimum Gasteiger partial charge on any atom is -0.459 e. The van der Waals surface area contributed by atoms with Crippen molar-refractivity contribution in [3.63, 3.8) is 0 Å². The molecule has 4 aliphatic rings. The third-order valence-electron chi connectivity index (χ3n) is 15.1. The summed E-state index contributed by atoms with van der Waals surface area (Å²) in [6.45, 7) is 15.4. The van der Waals surface area contributed by atoms with Crippen LogP contribution in [0.1, 0.15) is 100 Å². The quantitative estimate of drug-likeness (QED) is 0.177. The molecule has 400 valence electrons. The van der Waals surface area contributed by atoms with Gasteiger partial charge in [-0.05, 0) is 86.1 Å². The summed E-state index contributed by atoms with van der Waals surface area (Å²) >= 11 is 12.2. The molecule has 22 heteroatoms. The molecular formula is C49H75Cl2N5O15. The Balaban J connectivity index is 1.21. The molecule has 5 heterocycles. The summed E-state index contributed by atoms with van der Waals surface area (Å²) in [5, 5.41) is 68.1. The van der Waals surface area contributed by atoms with E-state index < -0.39 is 126 Å². The fraction of sp³-hybridized carbons (Fsp3) is 0.776. The second kappa shape index (κ2) is 23.2. The van der Waals surface area contributed by atoms with Crippen molar-refractivity contribution in [2.45, 2.75) is 198 Å². The third-order valence-corrected chi connectivity index (χ3v) is 15.9. The Hall–Kier alpha value is -3.09. The number of nitrogens with zero attached hydrogens (tertiary/aromatic N) is 5. The molecule has 0 bridgehead atoms. The molecule has 20 nitrogen and oxygen atoms in total. The number of carbonyl (C=O) groups is 3. The zero-order chi connectivity index (χ0) is 52.5. The Labute approximate surface area is 426 Å². The number of amides is 1. The molecule has 1 aromatic carbocycles. The standard InChI is InChI=1S/C49H75Cl2N5O15/c1-12-37-49(9,64)42(59)28(5)40(57)25(2)20-47(7,63)38(19-36(27(4)44(61)70-37)69-39-21-48(8,65-11)43(60)29(6)67-39)71-45-41(58)35(17-26(3)66-45)54(10)16-15-30-22-55(53-52-30)23-32-24-56(46(62)68-32)31-13-14-33(50)34(51)18-31/h13-14,18,22,25-29,32,35-39,41-43,45,58-60,63-64H,12,15-17,19-21,23-24H2,1-11H3/t25-,26-,27-,28+,29+,32+,35+,36+,37-,38?,39+,41-,42-,43+,45+,47-,48-,49-/m1/s1. The number of halogens is 2. The van der Waals surface area contributed by atoms with Crippen molar-refractivity contribution in [2.24, 2.45) is 17.8 Å². The van der Waals surface area contributed by atoms with Gasteiger partial charge in [-0.1, -0.05) is 49.2 Å². The summed E-state index contributed by atoms with van der Waals surface area (Å²) in [5.41, 5.74) is -3.77. The van der Waals surface area contributed by atoms with E-state index in [1.165, 1.54) is 32.8 Å². The van der Waals surface area contributed by atoms with Crippen molar-refractivity contribution < 1.29 is 73.1 Å². The number of aliphatic hydroxyl groups is 5. The van der Waals surface area contributed by atoms with Crippen LogP contribution in [-0.2, 0) is 55.7 Å². The maximum Gasteiger partial charge on any atom is 0.414 e. The lowest BCUT2D eigenvalue weighted by molar-refractivity contribution is -0.308. The number of hydrogen-bond donors (Lipinski definition) is 5. The van der Waals surface area contributed by atoms with Crippen molar-refractivity contribution >= 4 is 46.7 Å². The first-order chi connectivity index (χ1) is 33.2. The van der Waals surface area contributed by atoms with Crippen LogP contribution in [0, 0.1) is 17.8 Å². The minimum absolute atomic E-state index is 0.0548. The van der Waals surface area contributed by atoms with Crippen LogP contribution < -0.4 is 4.90 Å². The highest BCUT2D eigenvalue weighted by atomic mass is 35.5. The highest BCUT2D eigenvalue weighted by Gasteiger charge is 2.52. The number of cyclic esters (lactones) is 2. The number of esters is 1. The summed E-state index contributed by atoms with van der Waals surface area (Å²) in [4.78, 5) is 44.4. The Bertz CT molecular complexity index is 2150. The van der Waals surface area contributed by atoms with E-state index in [1.54, 1.807) is 63.7 Å². The molecule has 0 saturated carbocycles. The van der Waals surface area contributed by atoms with Crippen molar-refractivity contribution in [2.75, 3.05) is 32.1 Å². The number of aromatic nitrogens is 3. The molecule has 0 radical (unpaired) electrons. The van der Waals surface area contributed by atoms with Crippen LogP contribution in [0.3, 0.4) is 0 Å². The van der Waals surface area contributed by atoms with E-state index in [-0.39, 0.29) is 38.8 Å². The third kappa shape index (κ3) is 13.1. The maximum absolute atomic E-state index is 14.2. The predicted molar refractivity (Wildman–Crippen MR) is 258 cm³/mol. The van der Waals surface area contributed by atoms with E-state index in [2.05, 4.69) is 10.3 Å². The number of benzene rings is 1. The molecule has 1 aromatic heterocycles. The number of ether oxygens (including phenoxy) is 7. The summed E-state index contributed by atoms with van der Waals surface area (Å²) < 4.78 is 44.6. The minimum atomic E-state index is -2.04. The molecule has 4 fully saturated rings. The lowest BCUT2D eigenvalue weighted by atomic mass is 9.76. The molecule has 1 amide bonds. The van der Waals surface area contributed by atoms with Crippen molar-refractivity contribution in [3.8, 4) is 0 Å². The van der Waals surface area contributed by atoms with Gasteiger partial charge in [-0.3, -0.25) is 14.5 Å². The van der Waals surface area contributed by atoms with Crippen LogP contribution in [-0.4, -0.2) is 181 Å². The lowest BCUT2D eigenvalue weighted by Crippen LogP contribution is -2.59. The van der Waals surface area contributed by atoms with Gasteiger partial charge in [-0.2, -0.15) is 0 Å². The molecule has 4 aliphatic heterocycles. The molecule has 6 rings (SSSR count). The number of carbonyl (C=O) groups excluding carboxylic acids is 3. The zero-order valence-corrected chi connectivity index (χ0v) is 44.2. The van der Waals surface area contributed by atoms with Gasteiger partial charge in [-0.15, -0.1) is 5.10 Å². The van der Waals surface area contributed by atoms with Gasteiger partial charge in [0.05, 0.1) is 76.5 Å². The van der Waals surface area contributed by atoms with Crippen LogP contribution in [0.4, 0.5) is 10.5 Å². The maximum atomic E-state index is 14.2. The average Bonchev–Trinajstić information content (AvgIpc) is 3.93. The number of rotatable bonds is 13. The number of hydrogen-bond acceptors (Lipinski definition) is 18. The normalized spacial score (nSPS) is 40.1. The van der Waals surface area contributed by atoms with Crippen molar-refractivity contribution in [1.82, 2.24) is 19.9 Å². The van der Waals surface area contributed by atoms with Crippen molar-refractivity contribution in [3.05, 3.63) is 40.1 Å². The largest absolute Gasteiger partial charge is 0.459 e. The molecule has 18 atom stereocenters. The van der Waals surface area contributed by atoms with Gasteiger partial charge in [0.25, 0.3) is 0 Å². The molecule has 0 aliphatic carbocycles. The molecule has 4 saturated heterocycles. The smallest absolute Gasteiger partial charge is 0.414 e. The fourth-order valence-electron chi connectivity index (χ4n) is 10.4. The van der Waals surface area contributed by atoms with Gasteiger partial charge in [0.15, 0.2) is 12.6 Å². The van der Waals surface area contributed by atoms with E-state index in [9.17, 15) is 39.9 Å². The molecular weight excluding hydrogens is 969 g/mol. The summed E-state index contributed by atoms with van der Waals surface area (Å²) in [7, 11) is 3.33. The van der Waals surface area contributed by atoms with Gasteiger partial charge < -0.3 is 63.6 Å². The fourth-order valence-corrected chi connectivity index (χ4v) is 10.7. The lowest BCUT2D eigenvalue weighted by Gasteiger charge is -2.47. The first-order valence-corrected chi connectivity index (χ1v) is 25.4. The van der Waals surface area contributed by atoms with Crippen LogP contribution in [0.25, 0.3) is 0 Å². The van der Waals surface area contributed by atoms with E-state index >= 15 is 0 Å². The van der Waals surface area contributed by atoms with E-state index in [0.29, 0.717) is 40.8 Å². The predicted octanol–water partition coefficient (Wildman–Crippen LogP) is 4.08. The first kappa shape index (κ1) is 57.2. The Morgan fingerprint density at radius 2 is 1.62 bits per heavy atom. The number of aliphatic hydroxyl groups excluding tert-OH is 3. The number of ketones is 1. The van der Waals surface area contributed by atoms with E-state index in [0.717, 1.165) is 0 Å². The highest BCUT2D eigenvalue weighted by molar-refractivity contribution is 6.42. The summed E-state index contributed by atoms with van der Waals surface area (Å²) in [6, 6.07) is 4.40. The number of methoxy groups -OCH3 is 1. The van der Waals surface area contributed by atoms with Crippen LogP contribution >= 0.6 is 23.2 Å². The van der Waals surface area contributed by atoms with E-state index in [4.69, 9.17) is 56.4 Å². The van der Waals surface area contributed by atoms with Gasteiger partial charge in [0.1, 0.15) is 35.8 Å². The van der Waals surface area contributed by atoms with Crippen LogP contribution in [0.2, 0.25) is 10.0 Å². The second-order valence-corrected chi connectivity index (χ2v) is 21.7. The Morgan fingerprint density at radius 1 is 0.915 bits per heavy atom. The van der Waals surface area contributed by atoms with Gasteiger partial charge in [0.2, 0.25) is 0 Å². The molecule has 0 spiro atoms. The SMILES string of the molecule is CC[C@H]1OC(=O)[C@H](C)[C@@H](O[C@H]2C[C@@](C)(OC)[C@@H](O)[C@H](C)O2)CC(O[C@@H]2O[C@H](C)C[C@H](N(C)CCc3cn(C[C@H]4CN(c5ccc(Cl)c(Cl)c5)C(=O)O4)nn3)[C@H]2O)[C@](C)(O)C[C@@H](C)C(=O)[C@H](C)[C@@H](O)[C@]1(C)O. The summed E-state index contributed by atoms with van der Waals surface area (Å²) in [6.07, 6.45) is -9.71. The number of anilines is 1. The first-order valence-electron chi connectivity index (χ1n) is 24.6.